The smallest absolute Gasteiger partial charge is 0.409 e. The van der Waals surface area contributed by atoms with Gasteiger partial charge in [-0.2, -0.15) is 0 Å². The zero-order valence-corrected chi connectivity index (χ0v) is 17.3. The zero-order chi connectivity index (χ0) is 20.1. The minimum atomic E-state index is -0.219. The van der Waals surface area contributed by atoms with Gasteiger partial charge in [0.15, 0.2) is 0 Å². The number of piperazine rings is 1. The molecule has 0 saturated carbocycles. The van der Waals surface area contributed by atoms with Crippen molar-refractivity contribution in [1.82, 2.24) is 14.7 Å². The summed E-state index contributed by atoms with van der Waals surface area (Å²) in [6, 6.07) is 8.18. The van der Waals surface area contributed by atoms with Gasteiger partial charge in [-0.25, -0.2) is 4.79 Å². The Hall–Kier alpha value is -2.28. The molecule has 1 atom stereocenters. The molecule has 0 bridgehead atoms. The number of amides is 2. The van der Waals surface area contributed by atoms with Crippen molar-refractivity contribution in [3.8, 4) is 0 Å². The third kappa shape index (κ3) is 4.76. The summed E-state index contributed by atoms with van der Waals surface area (Å²) in [7, 11) is 3.97. The molecule has 28 heavy (non-hydrogen) atoms. The van der Waals surface area contributed by atoms with E-state index in [1.54, 1.807) is 4.90 Å². The lowest BCUT2D eigenvalue weighted by Crippen LogP contribution is -2.56. The monoisotopic (exact) mass is 388 g/mol. The Morgan fingerprint density at radius 3 is 2.54 bits per heavy atom. The van der Waals surface area contributed by atoms with Gasteiger partial charge in [-0.3, -0.25) is 9.69 Å². The lowest BCUT2D eigenvalue weighted by Gasteiger charge is -2.43. The number of carbonyl (C=O) groups is 2. The van der Waals surface area contributed by atoms with Crippen LogP contribution in [0.5, 0.6) is 0 Å². The summed E-state index contributed by atoms with van der Waals surface area (Å²) in [5.74, 6) is 0.110. The number of hydrogen-bond donors (Lipinski definition) is 0. The van der Waals surface area contributed by atoms with Crippen LogP contribution in [-0.4, -0.2) is 92.7 Å². The maximum absolute atomic E-state index is 13.0. The van der Waals surface area contributed by atoms with Crippen molar-refractivity contribution in [3.63, 3.8) is 0 Å². The van der Waals surface area contributed by atoms with E-state index in [-0.39, 0.29) is 12.0 Å². The quantitative estimate of drug-likeness (QED) is 0.791. The van der Waals surface area contributed by atoms with Crippen LogP contribution in [0.2, 0.25) is 0 Å². The molecule has 7 heteroatoms. The average Bonchev–Trinajstić information content (AvgIpc) is 2.73. The molecule has 0 aromatic heterocycles. The van der Waals surface area contributed by atoms with Crippen molar-refractivity contribution in [1.29, 1.82) is 0 Å². The second kappa shape index (κ2) is 9.28. The van der Waals surface area contributed by atoms with Crippen LogP contribution in [0.1, 0.15) is 30.1 Å². The molecule has 0 aliphatic carbocycles. The van der Waals surface area contributed by atoms with E-state index in [4.69, 9.17) is 4.74 Å². The SMILES string of the molecule is CCOC(=O)N1CCN([C@@H]2CCCN(C(=O)c3cccc(N(C)C)c3)C2)CC1. The standard InChI is InChI=1S/C21H32N4O3/c1-4-28-21(27)24-13-11-23(12-14-24)19-9-6-10-25(16-19)20(26)17-7-5-8-18(15-17)22(2)3/h5,7-8,15,19H,4,6,9-14,16H2,1-3H3/t19-/m1/s1. The molecule has 1 aromatic rings. The maximum atomic E-state index is 13.0. The summed E-state index contributed by atoms with van der Waals surface area (Å²) < 4.78 is 5.10. The summed E-state index contributed by atoms with van der Waals surface area (Å²) in [6.07, 6.45) is 1.89. The number of nitrogens with zero attached hydrogens (tertiary/aromatic N) is 4. The first-order valence-corrected chi connectivity index (χ1v) is 10.2. The molecule has 7 nitrogen and oxygen atoms in total. The Morgan fingerprint density at radius 2 is 1.86 bits per heavy atom. The number of rotatable bonds is 4. The van der Waals surface area contributed by atoms with Crippen LogP contribution in [0.4, 0.5) is 10.5 Å². The van der Waals surface area contributed by atoms with E-state index in [9.17, 15) is 9.59 Å². The first kappa shape index (κ1) is 20.5. The van der Waals surface area contributed by atoms with Crippen LogP contribution >= 0.6 is 0 Å². The molecular formula is C21H32N4O3. The number of anilines is 1. The normalized spacial score (nSPS) is 20.8. The second-order valence-corrected chi connectivity index (χ2v) is 7.71. The van der Waals surface area contributed by atoms with Crippen LogP contribution in [0.3, 0.4) is 0 Å². The van der Waals surface area contributed by atoms with Gasteiger partial charge in [-0.15, -0.1) is 0 Å². The Balaban J connectivity index is 1.58. The molecule has 1 aromatic carbocycles. The highest BCUT2D eigenvalue weighted by Crippen LogP contribution is 2.21. The molecule has 0 unspecified atom stereocenters. The Bertz CT molecular complexity index is 686. The van der Waals surface area contributed by atoms with Crippen molar-refractivity contribution < 1.29 is 14.3 Å². The molecule has 2 aliphatic heterocycles. The van der Waals surface area contributed by atoms with Gasteiger partial charge in [0.2, 0.25) is 0 Å². The minimum absolute atomic E-state index is 0.110. The van der Waals surface area contributed by atoms with Crippen LogP contribution in [-0.2, 0) is 4.74 Å². The minimum Gasteiger partial charge on any atom is -0.450 e. The van der Waals surface area contributed by atoms with Crippen molar-refractivity contribution in [2.75, 3.05) is 64.9 Å². The highest BCUT2D eigenvalue weighted by molar-refractivity contribution is 5.95. The van der Waals surface area contributed by atoms with Gasteiger partial charge in [-0.1, -0.05) is 6.07 Å². The lowest BCUT2D eigenvalue weighted by atomic mass is 10.0. The van der Waals surface area contributed by atoms with Gasteiger partial charge in [0.1, 0.15) is 0 Å². The third-order valence-corrected chi connectivity index (χ3v) is 5.65. The average molecular weight is 389 g/mol. The number of benzene rings is 1. The highest BCUT2D eigenvalue weighted by Gasteiger charge is 2.31. The van der Waals surface area contributed by atoms with E-state index in [0.29, 0.717) is 25.7 Å². The fraction of sp³-hybridized carbons (Fsp3) is 0.619. The van der Waals surface area contributed by atoms with Crippen molar-refractivity contribution in [2.45, 2.75) is 25.8 Å². The molecule has 2 aliphatic rings. The zero-order valence-electron chi connectivity index (χ0n) is 17.3. The molecule has 0 spiro atoms. The summed E-state index contributed by atoms with van der Waals surface area (Å²) in [5.41, 5.74) is 1.79. The van der Waals surface area contributed by atoms with Gasteiger partial charge in [0, 0.05) is 70.7 Å². The fourth-order valence-corrected chi connectivity index (χ4v) is 4.02. The van der Waals surface area contributed by atoms with Crippen LogP contribution in [0, 0.1) is 0 Å². The van der Waals surface area contributed by atoms with E-state index in [0.717, 1.165) is 50.3 Å². The van der Waals surface area contributed by atoms with Gasteiger partial charge >= 0.3 is 6.09 Å². The van der Waals surface area contributed by atoms with Crippen LogP contribution < -0.4 is 4.90 Å². The van der Waals surface area contributed by atoms with E-state index < -0.39 is 0 Å². The topological polar surface area (TPSA) is 56.3 Å². The summed E-state index contributed by atoms with van der Waals surface area (Å²) in [5, 5.41) is 0. The Morgan fingerprint density at radius 1 is 1.11 bits per heavy atom. The van der Waals surface area contributed by atoms with Crippen molar-refractivity contribution >= 4 is 17.7 Å². The predicted molar refractivity (Wildman–Crippen MR) is 110 cm³/mol. The first-order valence-electron chi connectivity index (χ1n) is 10.2. The van der Waals surface area contributed by atoms with E-state index in [1.165, 1.54) is 0 Å². The number of carbonyl (C=O) groups excluding carboxylic acids is 2. The molecule has 0 radical (unpaired) electrons. The highest BCUT2D eigenvalue weighted by atomic mass is 16.6. The lowest BCUT2D eigenvalue weighted by molar-refractivity contribution is 0.0378. The van der Waals surface area contributed by atoms with Crippen molar-refractivity contribution in [2.24, 2.45) is 0 Å². The summed E-state index contributed by atoms with van der Waals surface area (Å²) in [4.78, 5) is 33.1. The molecule has 3 rings (SSSR count). The van der Waals surface area contributed by atoms with Gasteiger partial charge in [0.25, 0.3) is 5.91 Å². The Labute approximate surface area is 167 Å². The number of ether oxygens (including phenoxy) is 1. The van der Waals surface area contributed by atoms with E-state index >= 15 is 0 Å². The first-order chi connectivity index (χ1) is 13.5. The van der Waals surface area contributed by atoms with Crippen LogP contribution in [0.15, 0.2) is 24.3 Å². The van der Waals surface area contributed by atoms with Gasteiger partial charge in [-0.05, 0) is 38.0 Å². The molecule has 0 N–H and O–H groups in total. The molecule has 154 valence electrons. The third-order valence-electron chi connectivity index (χ3n) is 5.65. The summed E-state index contributed by atoms with van der Waals surface area (Å²) in [6.45, 7) is 6.85. The molecule has 2 saturated heterocycles. The number of hydrogen-bond acceptors (Lipinski definition) is 5. The predicted octanol–water partition coefficient (Wildman–Crippen LogP) is 2.13. The van der Waals surface area contributed by atoms with Crippen molar-refractivity contribution in [3.05, 3.63) is 29.8 Å². The van der Waals surface area contributed by atoms with Gasteiger partial charge < -0.3 is 19.4 Å². The number of likely N-dealkylation sites (tertiary alicyclic amines) is 1. The summed E-state index contributed by atoms with van der Waals surface area (Å²) >= 11 is 0. The molecule has 2 amide bonds. The second-order valence-electron chi connectivity index (χ2n) is 7.71. The largest absolute Gasteiger partial charge is 0.450 e. The molecule has 2 heterocycles. The fourth-order valence-electron chi connectivity index (χ4n) is 4.02. The molecular weight excluding hydrogens is 356 g/mol. The van der Waals surface area contributed by atoms with E-state index in [2.05, 4.69) is 4.90 Å². The molecule has 2 fully saturated rings. The Kier molecular flexibility index (Phi) is 6.78. The van der Waals surface area contributed by atoms with E-state index in [1.807, 2.05) is 55.1 Å². The maximum Gasteiger partial charge on any atom is 0.409 e. The van der Waals surface area contributed by atoms with Crippen LogP contribution in [0.25, 0.3) is 0 Å². The van der Waals surface area contributed by atoms with Gasteiger partial charge in [0.05, 0.1) is 6.61 Å². The number of piperidine rings is 1.